The van der Waals surface area contributed by atoms with Crippen LogP contribution in [0.5, 0.6) is 0 Å². The topological polar surface area (TPSA) is 51.2 Å². The molecule has 3 aliphatic carbocycles. The van der Waals surface area contributed by atoms with Crippen LogP contribution in [0.1, 0.15) is 111 Å². The number of carbonyl (C=O) groups excluding carboxylic acids is 3. The number of hydrogen-bond acceptors (Lipinski definition) is 3. The summed E-state index contributed by atoms with van der Waals surface area (Å²) in [5.74, 6) is 1.16. The molecule has 3 heteroatoms. The van der Waals surface area contributed by atoms with Gasteiger partial charge in [-0.2, -0.15) is 0 Å². The first-order valence-corrected chi connectivity index (χ1v) is 11.3. The first-order valence-electron chi connectivity index (χ1n) is 11.3. The van der Waals surface area contributed by atoms with Crippen molar-refractivity contribution in [1.82, 2.24) is 0 Å². The molecule has 0 aromatic heterocycles. The van der Waals surface area contributed by atoms with E-state index in [-0.39, 0.29) is 27.9 Å². The lowest BCUT2D eigenvalue weighted by Gasteiger charge is -2.41. The Morgan fingerprint density at radius 2 is 1.44 bits per heavy atom. The molecule has 0 saturated heterocycles. The Morgan fingerprint density at radius 3 is 2.00 bits per heavy atom. The first kappa shape index (κ1) is 20.7. The minimum absolute atomic E-state index is 0.112. The molecule has 0 aromatic carbocycles. The highest BCUT2D eigenvalue weighted by molar-refractivity contribution is 5.89. The Morgan fingerprint density at radius 1 is 0.815 bits per heavy atom. The van der Waals surface area contributed by atoms with Gasteiger partial charge in [0.25, 0.3) is 0 Å². The minimum Gasteiger partial charge on any atom is -0.299 e. The SMILES string of the molecule is CC(=O)C1(C)CCCCC1CC(=O)C1(CCC(=O)C2(C)CCC2)CCCC1. The Balaban J connectivity index is 1.67. The number of hydrogen-bond donors (Lipinski definition) is 0. The van der Waals surface area contributed by atoms with Gasteiger partial charge in [0.15, 0.2) is 0 Å². The first-order chi connectivity index (χ1) is 12.7. The van der Waals surface area contributed by atoms with E-state index in [2.05, 4.69) is 13.8 Å². The highest BCUT2D eigenvalue weighted by atomic mass is 16.1. The van der Waals surface area contributed by atoms with Gasteiger partial charge in [-0.1, -0.05) is 46.0 Å². The minimum atomic E-state index is -0.330. The third-order valence-electron chi connectivity index (χ3n) is 8.75. The molecule has 3 nitrogen and oxygen atoms in total. The van der Waals surface area contributed by atoms with E-state index in [1.807, 2.05) is 0 Å². The van der Waals surface area contributed by atoms with Crippen LogP contribution in [0, 0.1) is 22.2 Å². The lowest BCUT2D eigenvalue weighted by Crippen LogP contribution is -2.41. The maximum atomic E-state index is 13.5. The fourth-order valence-corrected chi connectivity index (χ4v) is 6.00. The lowest BCUT2D eigenvalue weighted by atomic mass is 9.61. The van der Waals surface area contributed by atoms with Crippen molar-refractivity contribution in [2.75, 3.05) is 0 Å². The number of rotatable bonds is 8. The molecule has 0 N–H and O–H groups in total. The summed E-state index contributed by atoms with van der Waals surface area (Å²) in [5.41, 5.74) is -0.729. The fourth-order valence-electron chi connectivity index (χ4n) is 6.00. The van der Waals surface area contributed by atoms with Crippen molar-refractivity contribution in [1.29, 1.82) is 0 Å². The van der Waals surface area contributed by atoms with Crippen LogP contribution in [0.4, 0.5) is 0 Å². The zero-order valence-electron chi connectivity index (χ0n) is 17.7. The molecule has 3 aliphatic rings. The number of carbonyl (C=O) groups is 3. The van der Waals surface area contributed by atoms with Crippen molar-refractivity contribution in [3.05, 3.63) is 0 Å². The van der Waals surface area contributed by atoms with Crippen LogP contribution in [0.15, 0.2) is 0 Å². The highest BCUT2D eigenvalue weighted by Gasteiger charge is 2.47. The van der Waals surface area contributed by atoms with E-state index < -0.39 is 0 Å². The second-order valence-corrected chi connectivity index (χ2v) is 10.4. The Labute approximate surface area is 165 Å². The fraction of sp³-hybridized carbons (Fsp3) is 0.875. The summed E-state index contributed by atoms with van der Waals surface area (Å²) in [7, 11) is 0. The molecular formula is C24H38O3. The van der Waals surface area contributed by atoms with Gasteiger partial charge in [0.1, 0.15) is 17.3 Å². The monoisotopic (exact) mass is 374 g/mol. The van der Waals surface area contributed by atoms with Gasteiger partial charge in [-0.05, 0) is 57.8 Å². The molecule has 3 fully saturated rings. The standard InChI is InChI=1S/C24H38O3/c1-18(25)23(3)13-5-4-9-19(23)17-21(27)24(14-6-7-15-24)16-10-20(26)22(2)11-8-12-22/h19H,4-17H2,1-3H3. The van der Waals surface area contributed by atoms with E-state index in [4.69, 9.17) is 0 Å². The van der Waals surface area contributed by atoms with Gasteiger partial charge in [0, 0.05) is 29.1 Å². The Kier molecular flexibility index (Phi) is 5.99. The molecule has 0 heterocycles. The van der Waals surface area contributed by atoms with E-state index >= 15 is 0 Å². The van der Waals surface area contributed by atoms with E-state index in [1.165, 1.54) is 0 Å². The van der Waals surface area contributed by atoms with Gasteiger partial charge in [-0.25, -0.2) is 0 Å². The molecular weight excluding hydrogens is 336 g/mol. The van der Waals surface area contributed by atoms with E-state index in [9.17, 15) is 14.4 Å². The third kappa shape index (κ3) is 3.93. The largest absolute Gasteiger partial charge is 0.299 e. The summed E-state index contributed by atoms with van der Waals surface area (Å²) in [6, 6.07) is 0. The molecule has 3 saturated carbocycles. The maximum Gasteiger partial charge on any atom is 0.139 e. The summed E-state index contributed by atoms with van der Waals surface area (Å²) < 4.78 is 0. The van der Waals surface area contributed by atoms with Crippen LogP contribution in [0.2, 0.25) is 0 Å². The predicted octanol–water partition coefficient (Wildman–Crippen LogP) is 5.83. The molecule has 0 bridgehead atoms. The molecule has 3 rings (SSSR count). The number of ketones is 3. The molecule has 27 heavy (non-hydrogen) atoms. The molecule has 0 radical (unpaired) electrons. The van der Waals surface area contributed by atoms with Gasteiger partial charge in [0.2, 0.25) is 0 Å². The van der Waals surface area contributed by atoms with Crippen molar-refractivity contribution < 1.29 is 14.4 Å². The lowest BCUT2D eigenvalue weighted by molar-refractivity contribution is -0.137. The summed E-state index contributed by atoms with van der Waals surface area (Å²) >= 11 is 0. The van der Waals surface area contributed by atoms with Gasteiger partial charge < -0.3 is 0 Å². The quantitative estimate of drug-likeness (QED) is 0.537. The van der Waals surface area contributed by atoms with Crippen LogP contribution in [0.3, 0.4) is 0 Å². The molecule has 0 amide bonds. The second-order valence-electron chi connectivity index (χ2n) is 10.4. The van der Waals surface area contributed by atoms with Gasteiger partial charge in [-0.3, -0.25) is 14.4 Å². The molecule has 2 unspecified atom stereocenters. The van der Waals surface area contributed by atoms with Gasteiger partial charge in [0.05, 0.1) is 0 Å². The smallest absolute Gasteiger partial charge is 0.139 e. The van der Waals surface area contributed by atoms with Crippen LogP contribution in [-0.2, 0) is 14.4 Å². The molecule has 0 aromatic rings. The zero-order chi connectivity index (χ0) is 19.7. The van der Waals surface area contributed by atoms with Crippen LogP contribution >= 0.6 is 0 Å². The van der Waals surface area contributed by atoms with Crippen molar-refractivity contribution in [3.63, 3.8) is 0 Å². The number of Topliss-reactive ketones (excluding diaryl/α,β-unsaturated/α-hetero) is 3. The van der Waals surface area contributed by atoms with Crippen molar-refractivity contribution >= 4 is 17.3 Å². The van der Waals surface area contributed by atoms with Crippen LogP contribution < -0.4 is 0 Å². The predicted molar refractivity (Wildman–Crippen MR) is 107 cm³/mol. The van der Waals surface area contributed by atoms with Crippen molar-refractivity contribution in [2.45, 2.75) is 111 Å². The zero-order valence-corrected chi connectivity index (χ0v) is 17.7. The Bertz CT molecular complexity index is 595. The van der Waals surface area contributed by atoms with E-state index in [0.29, 0.717) is 24.4 Å². The summed E-state index contributed by atoms with van der Waals surface area (Å²) in [4.78, 5) is 38.5. The summed E-state index contributed by atoms with van der Waals surface area (Å²) in [6.07, 6.45) is 13.3. The van der Waals surface area contributed by atoms with Crippen molar-refractivity contribution in [3.8, 4) is 0 Å². The van der Waals surface area contributed by atoms with Gasteiger partial charge >= 0.3 is 0 Å². The summed E-state index contributed by atoms with van der Waals surface area (Å²) in [5, 5.41) is 0. The third-order valence-corrected chi connectivity index (χ3v) is 8.75. The van der Waals surface area contributed by atoms with E-state index in [0.717, 1.165) is 77.0 Å². The normalized spacial score (nSPS) is 31.9. The second kappa shape index (κ2) is 7.79. The highest BCUT2D eigenvalue weighted by Crippen LogP contribution is 2.50. The molecule has 152 valence electrons. The van der Waals surface area contributed by atoms with Crippen molar-refractivity contribution in [2.24, 2.45) is 22.2 Å². The molecule has 2 atom stereocenters. The average Bonchev–Trinajstić information content (AvgIpc) is 3.09. The average molecular weight is 375 g/mol. The Hall–Kier alpha value is -0.990. The van der Waals surface area contributed by atoms with E-state index in [1.54, 1.807) is 6.92 Å². The summed E-state index contributed by atoms with van der Waals surface area (Å²) in [6.45, 7) is 5.88. The molecule has 0 aliphatic heterocycles. The maximum absolute atomic E-state index is 13.5. The van der Waals surface area contributed by atoms with Crippen LogP contribution in [-0.4, -0.2) is 17.3 Å². The van der Waals surface area contributed by atoms with Crippen LogP contribution in [0.25, 0.3) is 0 Å². The van der Waals surface area contributed by atoms with Gasteiger partial charge in [-0.15, -0.1) is 0 Å². The molecule has 0 spiro atoms.